The van der Waals surface area contributed by atoms with E-state index in [4.69, 9.17) is 17.0 Å². The maximum absolute atomic E-state index is 12.8. The molecule has 11 heteroatoms. The van der Waals surface area contributed by atoms with Crippen molar-refractivity contribution in [1.82, 2.24) is 5.32 Å². The number of hydrogen-bond donors (Lipinski definition) is 1. The highest BCUT2D eigenvalue weighted by atomic mass is 32.2. The molecule has 28 heavy (non-hydrogen) atoms. The van der Waals surface area contributed by atoms with Gasteiger partial charge in [-0.05, 0) is 35.9 Å². The van der Waals surface area contributed by atoms with Crippen LogP contribution in [-0.2, 0) is 11.0 Å². The molecule has 2 aromatic rings. The molecular formula is C17H9F3N2O4S2. The lowest BCUT2D eigenvalue weighted by Crippen LogP contribution is -2.17. The normalized spacial score (nSPS) is 15.6. The van der Waals surface area contributed by atoms with Crippen molar-refractivity contribution in [2.75, 3.05) is 0 Å². The molecular weight excluding hydrogens is 417 g/mol. The fraction of sp³-hybridized carbons (Fsp3) is 0.0588. The predicted molar refractivity (Wildman–Crippen MR) is 101 cm³/mol. The number of thioether (sulfide) groups is 1. The Bertz CT molecular complexity index is 1020. The summed E-state index contributed by atoms with van der Waals surface area (Å²) in [6.45, 7) is 0. The Kier molecular flexibility index (Phi) is 5.38. The molecule has 0 aliphatic carbocycles. The number of alkyl halides is 3. The number of benzene rings is 2. The molecule has 144 valence electrons. The Morgan fingerprint density at radius 2 is 1.96 bits per heavy atom. The quantitative estimate of drug-likeness (QED) is 0.324. The third-order valence-corrected chi connectivity index (χ3v) is 4.67. The fourth-order valence-electron chi connectivity index (χ4n) is 2.29. The van der Waals surface area contributed by atoms with Crippen molar-refractivity contribution in [2.45, 2.75) is 6.18 Å². The summed E-state index contributed by atoms with van der Waals surface area (Å²) in [6.07, 6.45) is -3.16. The van der Waals surface area contributed by atoms with Gasteiger partial charge in [-0.25, -0.2) is 0 Å². The number of amides is 1. The monoisotopic (exact) mass is 426 g/mol. The van der Waals surface area contributed by atoms with Crippen LogP contribution in [0.5, 0.6) is 11.5 Å². The van der Waals surface area contributed by atoms with Gasteiger partial charge in [-0.1, -0.05) is 36.1 Å². The average molecular weight is 426 g/mol. The molecule has 2 aromatic carbocycles. The number of thiocarbonyl (C=S) groups is 1. The molecule has 1 aliphatic rings. The van der Waals surface area contributed by atoms with Crippen LogP contribution in [0.1, 0.15) is 11.1 Å². The molecule has 0 saturated carbocycles. The van der Waals surface area contributed by atoms with E-state index < -0.39 is 22.4 Å². The topological polar surface area (TPSA) is 81.5 Å². The molecule has 0 radical (unpaired) electrons. The van der Waals surface area contributed by atoms with Crippen LogP contribution in [0.2, 0.25) is 0 Å². The molecule has 1 amide bonds. The highest BCUT2D eigenvalue weighted by Gasteiger charge is 2.33. The van der Waals surface area contributed by atoms with Gasteiger partial charge in [-0.15, -0.1) is 0 Å². The van der Waals surface area contributed by atoms with E-state index in [-0.39, 0.29) is 17.4 Å². The summed E-state index contributed by atoms with van der Waals surface area (Å²) >= 11 is 5.98. The lowest BCUT2D eigenvalue weighted by Gasteiger charge is -2.10. The van der Waals surface area contributed by atoms with Crippen molar-refractivity contribution in [3.05, 3.63) is 68.6 Å². The van der Waals surface area contributed by atoms with E-state index in [1.54, 1.807) is 18.2 Å². The van der Waals surface area contributed by atoms with Crippen LogP contribution in [-0.4, -0.2) is 15.2 Å². The number of rotatable bonds is 4. The maximum atomic E-state index is 12.8. The van der Waals surface area contributed by atoms with Crippen LogP contribution < -0.4 is 10.1 Å². The molecule has 1 N–H and O–H groups in total. The van der Waals surface area contributed by atoms with Crippen molar-refractivity contribution in [1.29, 1.82) is 0 Å². The fourth-order valence-corrected chi connectivity index (χ4v) is 3.33. The van der Waals surface area contributed by atoms with Crippen molar-refractivity contribution in [3.63, 3.8) is 0 Å². The molecule has 0 bridgehead atoms. The van der Waals surface area contributed by atoms with Gasteiger partial charge in [0.25, 0.3) is 5.91 Å². The summed E-state index contributed by atoms with van der Waals surface area (Å²) in [5.41, 5.74) is -1.41. The SMILES string of the molecule is O=C1NC(=S)SC1=Cc1cccc(Oc2ccc(C(F)(F)F)cc2[N+](=O)[O-])c1. The van der Waals surface area contributed by atoms with E-state index in [2.05, 4.69) is 5.32 Å². The zero-order valence-electron chi connectivity index (χ0n) is 13.6. The number of nitro groups is 1. The minimum absolute atomic E-state index is 0.156. The van der Waals surface area contributed by atoms with Crippen LogP contribution in [0, 0.1) is 10.1 Å². The zero-order chi connectivity index (χ0) is 20.5. The van der Waals surface area contributed by atoms with Gasteiger partial charge in [0.2, 0.25) is 5.75 Å². The summed E-state index contributed by atoms with van der Waals surface area (Å²) in [5.74, 6) is -0.528. The Labute approximate surface area is 165 Å². The summed E-state index contributed by atoms with van der Waals surface area (Å²) in [4.78, 5) is 22.3. The first-order valence-corrected chi connectivity index (χ1v) is 8.74. The number of ether oxygens (including phenoxy) is 1. The minimum atomic E-state index is -4.71. The first-order chi connectivity index (χ1) is 13.1. The van der Waals surface area contributed by atoms with Gasteiger partial charge in [-0.2, -0.15) is 13.2 Å². The Hall–Kier alpha value is -2.92. The highest BCUT2D eigenvalue weighted by Crippen LogP contribution is 2.38. The third kappa shape index (κ3) is 4.49. The summed E-state index contributed by atoms with van der Waals surface area (Å²) in [5, 5.41) is 13.6. The van der Waals surface area contributed by atoms with Gasteiger partial charge in [-0.3, -0.25) is 14.9 Å². The van der Waals surface area contributed by atoms with Crippen LogP contribution in [0.15, 0.2) is 47.4 Å². The molecule has 1 heterocycles. The third-order valence-electron chi connectivity index (χ3n) is 3.51. The average Bonchev–Trinajstić information content (AvgIpc) is 2.91. The number of nitro benzene ring substituents is 1. The standard InChI is InChI=1S/C17H9F3N2O4S2/c18-17(19,20)10-4-5-13(12(8-10)22(24)25)26-11-3-1-2-9(6-11)7-14-15(23)21-16(27)28-14/h1-8H,(H,21,23,27). The summed E-state index contributed by atoms with van der Waals surface area (Å²) in [7, 11) is 0. The van der Waals surface area contributed by atoms with E-state index in [9.17, 15) is 28.1 Å². The molecule has 3 rings (SSSR count). The molecule has 0 atom stereocenters. The number of halogens is 3. The molecule has 0 spiro atoms. The Morgan fingerprint density at radius 1 is 1.21 bits per heavy atom. The first-order valence-electron chi connectivity index (χ1n) is 7.52. The second kappa shape index (κ2) is 7.60. The second-order valence-electron chi connectivity index (χ2n) is 5.46. The van der Waals surface area contributed by atoms with Crippen molar-refractivity contribution >= 4 is 46.0 Å². The second-order valence-corrected chi connectivity index (χ2v) is 7.18. The molecule has 1 saturated heterocycles. The van der Waals surface area contributed by atoms with Gasteiger partial charge in [0.05, 0.1) is 15.4 Å². The van der Waals surface area contributed by atoms with Crippen molar-refractivity contribution in [2.24, 2.45) is 0 Å². The van der Waals surface area contributed by atoms with Crippen LogP contribution in [0.25, 0.3) is 6.08 Å². The maximum Gasteiger partial charge on any atom is 0.416 e. The van der Waals surface area contributed by atoms with Gasteiger partial charge in [0.15, 0.2) is 0 Å². The lowest BCUT2D eigenvalue weighted by molar-refractivity contribution is -0.385. The number of carbonyl (C=O) groups excluding carboxylic acids is 1. The Morgan fingerprint density at radius 3 is 2.57 bits per heavy atom. The zero-order valence-corrected chi connectivity index (χ0v) is 15.3. The van der Waals surface area contributed by atoms with Crippen LogP contribution >= 0.6 is 24.0 Å². The number of carbonyl (C=O) groups is 1. The number of hydrogen-bond acceptors (Lipinski definition) is 6. The van der Waals surface area contributed by atoms with E-state index in [0.29, 0.717) is 26.9 Å². The van der Waals surface area contributed by atoms with E-state index >= 15 is 0 Å². The van der Waals surface area contributed by atoms with E-state index in [1.807, 2.05) is 0 Å². The molecule has 0 aromatic heterocycles. The predicted octanol–water partition coefficient (Wildman–Crippen LogP) is 4.89. The van der Waals surface area contributed by atoms with E-state index in [0.717, 1.165) is 17.8 Å². The molecule has 0 unspecified atom stereocenters. The van der Waals surface area contributed by atoms with Gasteiger partial charge in [0, 0.05) is 6.07 Å². The highest BCUT2D eigenvalue weighted by molar-refractivity contribution is 8.26. The first kappa shape index (κ1) is 19.8. The molecule has 1 fully saturated rings. The summed E-state index contributed by atoms with van der Waals surface area (Å²) < 4.78 is 44.1. The largest absolute Gasteiger partial charge is 0.450 e. The summed E-state index contributed by atoms with van der Waals surface area (Å²) in [6, 6.07) is 8.23. The van der Waals surface area contributed by atoms with Crippen molar-refractivity contribution < 1.29 is 27.6 Å². The minimum Gasteiger partial charge on any atom is -0.450 e. The smallest absolute Gasteiger partial charge is 0.416 e. The van der Waals surface area contributed by atoms with Gasteiger partial charge >= 0.3 is 11.9 Å². The molecule has 1 aliphatic heterocycles. The van der Waals surface area contributed by atoms with Crippen molar-refractivity contribution in [3.8, 4) is 11.5 Å². The number of nitrogens with zero attached hydrogens (tertiary/aromatic N) is 1. The van der Waals surface area contributed by atoms with Gasteiger partial charge < -0.3 is 10.1 Å². The Balaban J connectivity index is 1.90. The lowest BCUT2D eigenvalue weighted by atomic mass is 10.1. The van der Waals surface area contributed by atoms with E-state index in [1.165, 1.54) is 12.1 Å². The van der Waals surface area contributed by atoms with Crippen LogP contribution in [0.3, 0.4) is 0 Å². The number of nitrogens with one attached hydrogen (secondary N) is 1. The van der Waals surface area contributed by atoms with Crippen LogP contribution in [0.4, 0.5) is 18.9 Å². The molecule has 6 nitrogen and oxygen atoms in total. The van der Waals surface area contributed by atoms with Gasteiger partial charge in [0.1, 0.15) is 10.1 Å².